The van der Waals surface area contributed by atoms with Gasteiger partial charge in [0.15, 0.2) is 0 Å². The summed E-state index contributed by atoms with van der Waals surface area (Å²) in [6.45, 7) is 5.92. The van der Waals surface area contributed by atoms with E-state index in [2.05, 4.69) is 9.97 Å². The maximum Gasteiger partial charge on any atom is 0.305 e. The van der Waals surface area contributed by atoms with Crippen molar-refractivity contribution in [2.45, 2.75) is 32.7 Å². The minimum atomic E-state index is -0.920. The number of carboxylic acid groups (broad SMARTS) is 1. The Morgan fingerprint density at radius 2 is 1.81 bits per heavy atom. The summed E-state index contributed by atoms with van der Waals surface area (Å²) >= 11 is 0. The van der Waals surface area contributed by atoms with Crippen molar-refractivity contribution >= 4 is 17.8 Å². The van der Waals surface area contributed by atoms with E-state index in [4.69, 9.17) is 5.11 Å². The largest absolute Gasteiger partial charge is 0.481 e. The van der Waals surface area contributed by atoms with Crippen LogP contribution in [0.3, 0.4) is 0 Å². The molecule has 0 unspecified atom stereocenters. The highest BCUT2D eigenvalue weighted by molar-refractivity contribution is 5.82. The molecule has 1 aromatic rings. The van der Waals surface area contributed by atoms with Crippen LogP contribution in [0.5, 0.6) is 0 Å². The van der Waals surface area contributed by atoms with Crippen molar-refractivity contribution in [3.05, 3.63) is 18.5 Å². The Kier molecular flexibility index (Phi) is 5.63. The molecule has 0 aromatic carbocycles. The summed E-state index contributed by atoms with van der Waals surface area (Å²) < 4.78 is 0. The van der Waals surface area contributed by atoms with Crippen molar-refractivity contribution in [1.29, 1.82) is 0 Å². The lowest BCUT2D eigenvalue weighted by Crippen LogP contribution is -2.50. The number of anilines is 1. The molecule has 0 fully saturated rings. The number of nitrogens with zero attached hydrogens (tertiary/aromatic N) is 4. The van der Waals surface area contributed by atoms with Crippen molar-refractivity contribution in [1.82, 2.24) is 14.9 Å². The third-order valence-electron chi connectivity index (χ3n) is 2.93. The second-order valence-electron chi connectivity index (χ2n) is 5.76. The number of hydrogen-bond donors (Lipinski definition) is 1. The fraction of sp³-hybridized carbons (Fsp3) is 0.571. The first kappa shape index (κ1) is 16.9. The molecule has 1 N–H and O–H groups in total. The number of aromatic nitrogens is 2. The molecule has 0 atom stereocenters. The van der Waals surface area contributed by atoms with E-state index in [1.165, 1.54) is 0 Å². The van der Waals surface area contributed by atoms with Gasteiger partial charge in [-0.1, -0.05) is 0 Å². The summed E-state index contributed by atoms with van der Waals surface area (Å²) in [5.74, 6) is -0.617. The predicted molar refractivity (Wildman–Crippen MR) is 79.0 cm³/mol. The number of amides is 1. The highest BCUT2D eigenvalue weighted by Gasteiger charge is 2.27. The zero-order valence-electron chi connectivity index (χ0n) is 12.9. The van der Waals surface area contributed by atoms with Gasteiger partial charge in [-0.2, -0.15) is 0 Å². The van der Waals surface area contributed by atoms with E-state index < -0.39 is 11.5 Å². The minimum absolute atomic E-state index is 0.0748. The number of carbonyl (C=O) groups is 2. The normalized spacial score (nSPS) is 11.0. The highest BCUT2D eigenvalue weighted by Crippen LogP contribution is 2.15. The third kappa shape index (κ3) is 5.37. The Morgan fingerprint density at radius 3 is 2.29 bits per heavy atom. The van der Waals surface area contributed by atoms with Crippen LogP contribution in [0, 0.1) is 0 Å². The molecule has 0 saturated carbocycles. The number of carboxylic acids is 1. The summed E-state index contributed by atoms with van der Waals surface area (Å²) in [5.41, 5.74) is -0.440. The second kappa shape index (κ2) is 7.01. The minimum Gasteiger partial charge on any atom is -0.481 e. The number of rotatable bonds is 6. The van der Waals surface area contributed by atoms with Crippen molar-refractivity contribution < 1.29 is 14.7 Å². The monoisotopic (exact) mass is 294 g/mol. The van der Waals surface area contributed by atoms with Crippen LogP contribution in [0.4, 0.5) is 5.95 Å². The summed E-state index contributed by atoms with van der Waals surface area (Å²) in [6, 6.07) is 1.70. The Morgan fingerprint density at radius 1 is 1.24 bits per heavy atom. The van der Waals surface area contributed by atoms with E-state index in [9.17, 15) is 9.59 Å². The van der Waals surface area contributed by atoms with Gasteiger partial charge in [-0.15, -0.1) is 0 Å². The lowest BCUT2D eigenvalue weighted by molar-refractivity contribution is -0.140. The fourth-order valence-electron chi connectivity index (χ4n) is 1.89. The first-order valence-electron chi connectivity index (χ1n) is 6.72. The molecule has 1 amide bonds. The Balaban J connectivity index is 2.74. The van der Waals surface area contributed by atoms with Crippen LogP contribution < -0.4 is 4.90 Å². The molecule has 0 saturated heterocycles. The topological polar surface area (TPSA) is 86.6 Å². The first-order valence-corrected chi connectivity index (χ1v) is 6.72. The Labute approximate surface area is 124 Å². The molecule has 0 radical (unpaired) electrons. The van der Waals surface area contributed by atoms with Gasteiger partial charge < -0.3 is 14.9 Å². The molecular weight excluding hydrogens is 272 g/mol. The van der Waals surface area contributed by atoms with Gasteiger partial charge in [0.05, 0.1) is 13.0 Å². The summed E-state index contributed by atoms with van der Waals surface area (Å²) in [4.78, 5) is 34.5. The van der Waals surface area contributed by atoms with Crippen LogP contribution in [0.25, 0.3) is 0 Å². The molecule has 7 heteroatoms. The molecular formula is C14H22N4O3. The Bertz CT molecular complexity index is 485. The van der Waals surface area contributed by atoms with Gasteiger partial charge in [-0.25, -0.2) is 9.97 Å². The average Bonchev–Trinajstić information content (AvgIpc) is 2.37. The van der Waals surface area contributed by atoms with Gasteiger partial charge in [0.1, 0.15) is 0 Å². The standard InChI is InChI=1S/C14H22N4O3/c1-14(2,3)18(9-6-12(20)21)11(19)10-17(4)13-15-7-5-8-16-13/h5,7-8H,6,9-10H2,1-4H3,(H,20,21). The smallest absolute Gasteiger partial charge is 0.305 e. The second-order valence-corrected chi connectivity index (χ2v) is 5.76. The third-order valence-corrected chi connectivity index (χ3v) is 2.93. The molecule has 0 aliphatic rings. The first-order chi connectivity index (χ1) is 9.71. The van der Waals surface area contributed by atoms with Crippen molar-refractivity contribution in [2.75, 3.05) is 25.0 Å². The molecule has 1 rings (SSSR count). The van der Waals surface area contributed by atoms with Gasteiger partial charge in [-0.3, -0.25) is 9.59 Å². The van der Waals surface area contributed by atoms with E-state index in [-0.39, 0.29) is 25.4 Å². The molecule has 0 aliphatic carbocycles. The lowest BCUT2D eigenvalue weighted by Gasteiger charge is -2.36. The summed E-state index contributed by atoms with van der Waals surface area (Å²) in [7, 11) is 1.73. The molecule has 0 aliphatic heterocycles. The summed E-state index contributed by atoms with van der Waals surface area (Å²) in [5, 5.41) is 8.80. The number of carbonyl (C=O) groups excluding carboxylic acids is 1. The summed E-state index contributed by atoms with van der Waals surface area (Å²) in [6.07, 6.45) is 3.14. The molecule has 7 nitrogen and oxygen atoms in total. The van der Waals surface area contributed by atoms with E-state index in [0.29, 0.717) is 5.95 Å². The van der Waals surface area contributed by atoms with Crippen molar-refractivity contribution in [3.8, 4) is 0 Å². The van der Waals surface area contributed by atoms with Crippen LogP contribution in [0.2, 0.25) is 0 Å². The van der Waals surface area contributed by atoms with Crippen molar-refractivity contribution in [3.63, 3.8) is 0 Å². The van der Waals surface area contributed by atoms with Gasteiger partial charge in [0, 0.05) is 31.5 Å². The maximum atomic E-state index is 12.4. The van der Waals surface area contributed by atoms with Gasteiger partial charge in [-0.05, 0) is 26.8 Å². The maximum absolute atomic E-state index is 12.4. The molecule has 0 bridgehead atoms. The molecule has 1 aromatic heterocycles. The number of likely N-dealkylation sites (N-methyl/N-ethyl adjacent to an activating group) is 1. The van der Waals surface area contributed by atoms with Crippen LogP contribution in [0.15, 0.2) is 18.5 Å². The molecule has 116 valence electrons. The molecule has 0 spiro atoms. The van der Waals surface area contributed by atoms with E-state index in [1.54, 1.807) is 35.3 Å². The van der Waals surface area contributed by atoms with E-state index in [0.717, 1.165) is 0 Å². The zero-order valence-corrected chi connectivity index (χ0v) is 12.9. The van der Waals surface area contributed by atoms with Gasteiger partial charge in [0.2, 0.25) is 11.9 Å². The van der Waals surface area contributed by atoms with E-state index >= 15 is 0 Å². The zero-order chi connectivity index (χ0) is 16.0. The number of hydrogen-bond acceptors (Lipinski definition) is 5. The quantitative estimate of drug-likeness (QED) is 0.842. The SMILES string of the molecule is CN(CC(=O)N(CCC(=O)O)C(C)(C)C)c1ncccn1. The van der Waals surface area contributed by atoms with Crippen LogP contribution in [-0.2, 0) is 9.59 Å². The highest BCUT2D eigenvalue weighted by atomic mass is 16.4. The predicted octanol–water partition coefficient (Wildman–Crippen LogP) is 1.01. The molecule has 21 heavy (non-hydrogen) atoms. The molecule has 1 heterocycles. The van der Waals surface area contributed by atoms with Crippen LogP contribution in [-0.4, -0.2) is 57.5 Å². The van der Waals surface area contributed by atoms with Gasteiger partial charge >= 0.3 is 5.97 Å². The van der Waals surface area contributed by atoms with Crippen molar-refractivity contribution in [2.24, 2.45) is 0 Å². The van der Waals surface area contributed by atoms with Crippen LogP contribution in [0.1, 0.15) is 27.2 Å². The van der Waals surface area contributed by atoms with E-state index in [1.807, 2.05) is 20.8 Å². The van der Waals surface area contributed by atoms with Crippen LogP contribution >= 0.6 is 0 Å². The Hall–Kier alpha value is -2.18. The fourth-order valence-corrected chi connectivity index (χ4v) is 1.89. The lowest BCUT2D eigenvalue weighted by atomic mass is 10.1. The number of aliphatic carboxylic acids is 1. The average molecular weight is 294 g/mol. The van der Waals surface area contributed by atoms with Gasteiger partial charge in [0.25, 0.3) is 0 Å².